The quantitative estimate of drug-likeness (QED) is 0.939. The Hall–Kier alpha value is -1.43. The van der Waals surface area contributed by atoms with Crippen LogP contribution in [0.2, 0.25) is 0 Å². The van der Waals surface area contributed by atoms with E-state index in [2.05, 4.69) is 42.2 Å². The third-order valence-electron chi connectivity index (χ3n) is 3.03. The van der Waals surface area contributed by atoms with Gasteiger partial charge < -0.3 is 5.32 Å². The van der Waals surface area contributed by atoms with E-state index in [1.807, 2.05) is 17.6 Å². The highest BCUT2D eigenvalue weighted by atomic mass is 32.2. The predicted molar refractivity (Wildman–Crippen MR) is 83.7 cm³/mol. The first-order valence-corrected chi connectivity index (χ1v) is 8.41. The normalized spacial score (nSPS) is 15.2. The Morgan fingerprint density at radius 3 is 2.75 bits per heavy atom. The van der Waals surface area contributed by atoms with E-state index < -0.39 is 10.8 Å². The van der Waals surface area contributed by atoms with Crippen LogP contribution in [0, 0.1) is 0 Å². The van der Waals surface area contributed by atoms with Gasteiger partial charge in [0.2, 0.25) is 0 Å². The molecule has 1 N–H and O–H groups in total. The van der Waals surface area contributed by atoms with Gasteiger partial charge in [-0.15, -0.1) is 0 Å². The van der Waals surface area contributed by atoms with Crippen LogP contribution in [0.3, 0.4) is 0 Å². The minimum absolute atomic E-state index is 0.000177. The summed E-state index contributed by atoms with van der Waals surface area (Å²) >= 11 is 0. The zero-order valence-corrected chi connectivity index (χ0v) is 13.5. The summed E-state index contributed by atoms with van der Waals surface area (Å²) in [6.07, 6.45) is 5.28. The molecule has 110 valence electrons. The molecular formula is C14H22N4OS. The van der Waals surface area contributed by atoms with Crippen LogP contribution in [-0.2, 0) is 16.2 Å². The van der Waals surface area contributed by atoms with E-state index in [4.69, 9.17) is 0 Å². The lowest BCUT2D eigenvalue weighted by Crippen LogP contribution is -2.23. The van der Waals surface area contributed by atoms with E-state index >= 15 is 0 Å². The molecule has 0 radical (unpaired) electrons. The molecule has 2 aromatic heterocycles. The fraction of sp³-hybridized carbons (Fsp3) is 0.571. The zero-order chi connectivity index (χ0) is 14.9. The molecule has 0 amide bonds. The molecule has 0 fully saturated rings. The number of nitrogens with zero attached hydrogens (tertiary/aromatic N) is 3. The lowest BCUT2D eigenvalue weighted by atomic mass is 9.92. The van der Waals surface area contributed by atoms with Crippen molar-refractivity contribution in [2.24, 2.45) is 0 Å². The maximum absolute atomic E-state index is 11.3. The number of aromatic nitrogens is 3. The van der Waals surface area contributed by atoms with Gasteiger partial charge in [0.1, 0.15) is 5.52 Å². The summed E-state index contributed by atoms with van der Waals surface area (Å²) in [7, 11) is -0.825. The minimum Gasteiger partial charge on any atom is -0.365 e. The summed E-state index contributed by atoms with van der Waals surface area (Å²) in [5.74, 6) is 1.39. The van der Waals surface area contributed by atoms with Gasteiger partial charge in [-0.2, -0.15) is 5.10 Å². The predicted octanol–water partition coefficient (Wildman–Crippen LogP) is 2.21. The van der Waals surface area contributed by atoms with Gasteiger partial charge in [0, 0.05) is 46.7 Å². The van der Waals surface area contributed by atoms with Gasteiger partial charge in [-0.05, 0) is 13.0 Å². The number of anilines is 1. The molecule has 2 unspecified atom stereocenters. The van der Waals surface area contributed by atoms with Crippen LogP contribution in [0.1, 0.15) is 33.4 Å². The molecule has 2 rings (SSSR count). The Balaban J connectivity index is 2.34. The third kappa shape index (κ3) is 3.36. The number of rotatable bonds is 4. The van der Waals surface area contributed by atoms with Gasteiger partial charge in [0.25, 0.3) is 0 Å². The molecule has 2 aromatic rings. The smallest absolute Gasteiger partial charge is 0.152 e. The lowest BCUT2D eigenvalue weighted by molar-refractivity contribution is 0.562. The van der Waals surface area contributed by atoms with Gasteiger partial charge in [-0.3, -0.25) is 4.21 Å². The van der Waals surface area contributed by atoms with Crippen molar-refractivity contribution in [3.05, 3.63) is 24.2 Å². The van der Waals surface area contributed by atoms with E-state index in [0.29, 0.717) is 5.75 Å². The SMILES string of the molecule is CC(CS(C)=O)Nc1nccn2nc(C(C)(C)C)cc12. The van der Waals surface area contributed by atoms with Crippen LogP contribution in [-0.4, -0.2) is 36.9 Å². The average molecular weight is 294 g/mol. The summed E-state index contributed by atoms with van der Waals surface area (Å²) in [6.45, 7) is 8.42. The molecule has 5 nitrogen and oxygen atoms in total. The van der Waals surface area contributed by atoms with Crippen LogP contribution < -0.4 is 5.32 Å². The first-order valence-electron chi connectivity index (χ1n) is 6.69. The van der Waals surface area contributed by atoms with Crippen LogP contribution in [0.25, 0.3) is 5.52 Å². The van der Waals surface area contributed by atoms with Crippen LogP contribution in [0.5, 0.6) is 0 Å². The molecule has 20 heavy (non-hydrogen) atoms. The molecule has 0 saturated carbocycles. The second-order valence-corrected chi connectivity index (χ2v) is 7.65. The topological polar surface area (TPSA) is 59.3 Å². The number of fused-ring (bicyclic) bond motifs is 1. The van der Waals surface area contributed by atoms with E-state index in [-0.39, 0.29) is 11.5 Å². The van der Waals surface area contributed by atoms with Crippen LogP contribution in [0.4, 0.5) is 5.82 Å². The molecule has 0 bridgehead atoms. The molecule has 6 heteroatoms. The van der Waals surface area contributed by atoms with Gasteiger partial charge in [-0.1, -0.05) is 20.8 Å². The monoisotopic (exact) mass is 294 g/mol. The van der Waals surface area contributed by atoms with Crippen molar-refractivity contribution in [1.82, 2.24) is 14.6 Å². The number of hydrogen-bond acceptors (Lipinski definition) is 4. The first-order chi connectivity index (χ1) is 9.27. The Labute approximate surface area is 122 Å². The first kappa shape index (κ1) is 15.0. The fourth-order valence-corrected chi connectivity index (χ4v) is 2.81. The Morgan fingerprint density at radius 2 is 2.15 bits per heavy atom. The maximum atomic E-state index is 11.3. The van der Waals surface area contributed by atoms with Crippen LogP contribution >= 0.6 is 0 Å². The average Bonchev–Trinajstić information content (AvgIpc) is 2.72. The summed E-state index contributed by atoms with van der Waals surface area (Å²) in [5.41, 5.74) is 1.98. The highest BCUT2D eigenvalue weighted by molar-refractivity contribution is 7.84. The molecule has 0 spiro atoms. The van der Waals surface area contributed by atoms with E-state index in [9.17, 15) is 4.21 Å². The molecular weight excluding hydrogens is 272 g/mol. The summed E-state index contributed by atoms with van der Waals surface area (Å²) < 4.78 is 13.1. The summed E-state index contributed by atoms with van der Waals surface area (Å²) in [4.78, 5) is 4.38. The zero-order valence-electron chi connectivity index (χ0n) is 12.7. The van der Waals surface area contributed by atoms with Gasteiger partial charge in [0.15, 0.2) is 5.82 Å². The molecule has 0 aliphatic heterocycles. The standard InChI is InChI=1S/C14H22N4OS/c1-10(9-20(5)19)16-13-11-8-12(14(2,3)4)17-18(11)7-6-15-13/h6-8,10H,9H2,1-5H3,(H,15,16). The Bertz CT molecular complexity index is 630. The van der Waals surface area contributed by atoms with Crippen molar-refractivity contribution >= 4 is 22.1 Å². The van der Waals surface area contributed by atoms with E-state index in [1.54, 1.807) is 12.5 Å². The van der Waals surface area contributed by atoms with Crippen molar-refractivity contribution in [1.29, 1.82) is 0 Å². The fourth-order valence-electron chi connectivity index (χ4n) is 2.03. The Kier molecular flexibility index (Phi) is 4.13. The molecule has 2 heterocycles. The summed E-state index contributed by atoms with van der Waals surface area (Å²) in [6, 6.07) is 2.16. The van der Waals surface area contributed by atoms with Gasteiger partial charge >= 0.3 is 0 Å². The molecule has 0 saturated heterocycles. The highest BCUT2D eigenvalue weighted by Gasteiger charge is 2.19. The number of nitrogens with one attached hydrogen (secondary N) is 1. The molecule has 0 aliphatic rings. The molecule has 0 aromatic carbocycles. The summed E-state index contributed by atoms with van der Waals surface area (Å²) in [5, 5.41) is 7.91. The van der Waals surface area contributed by atoms with Crippen molar-refractivity contribution in [2.45, 2.75) is 39.2 Å². The number of hydrogen-bond donors (Lipinski definition) is 1. The Morgan fingerprint density at radius 1 is 1.45 bits per heavy atom. The molecule has 2 atom stereocenters. The molecule has 0 aliphatic carbocycles. The highest BCUT2D eigenvalue weighted by Crippen LogP contribution is 2.24. The van der Waals surface area contributed by atoms with Crippen molar-refractivity contribution < 1.29 is 4.21 Å². The van der Waals surface area contributed by atoms with E-state index in [0.717, 1.165) is 17.0 Å². The van der Waals surface area contributed by atoms with Crippen molar-refractivity contribution in [3.8, 4) is 0 Å². The second kappa shape index (κ2) is 5.52. The second-order valence-electron chi connectivity index (χ2n) is 6.17. The third-order valence-corrected chi connectivity index (χ3v) is 4.00. The minimum atomic E-state index is -0.825. The lowest BCUT2D eigenvalue weighted by Gasteiger charge is -2.13. The van der Waals surface area contributed by atoms with Gasteiger partial charge in [-0.25, -0.2) is 9.50 Å². The largest absolute Gasteiger partial charge is 0.365 e. The van der Waals surface area contributed by atoms with E-state index in [1.165, 1.54) is 0 Å². The van der Waals surface area contributed by atoms with Gasteiger partial charge in [0.05, 0.1) is 5.69 Å². The van der Waals surface area contributed by atoms with Crippen molar-refractivity contribution in [3.63, 3.8) is 0 Å². The maximum Gasteiger partial charge on any atom is 0.152 e. The van der Waals surface area contributed by atoms with Crippen molar-refractivity contribution in [2.75, 3.05) is 17.3 Å². The van der Waals surface area contributed by atoms with Crippen LogP contribution in [0.15, 0.2) is 18.5 Å².